The zero-order chi connectivity index (χ0) is 19.3. The van der Waals surface area contributed by atoms with Crippen molar-refractivity contribution in [3.63, 3.8) is 0 Å². The Morgan fingerprint density at radius 1 is 0.815 bits per heavy atom. The first-order valence-corrected chi connectivity index (χ1v) is 11.1. The molecule has 152 valence electrons. The topological polar surface area (TPSA) is 0 Å². The van der Waals surface area contributed by atoms with E-state index in [1.165, 1.54) is 76.2 Å². The van der Waals surface area contributed by atoms with E-state index in [0.29, 0.717) is 11.5 Å². The van der Waals surface area contributed by atoms with E-state index in [1.807, 2.05) is 12.1 Å². The van der Waals surface area contributed by atoms with E-state index in [1.54, 1.807) is 12.1 Å². The van der Waals surface area contributed by atoms with E-state index in [-0.39, 0.29) is 0 Å². The van der Waals surface area contributed by atoms with E-state index in [2.05, 4.69) is 6.92 Å². The molecule has 0 aromatic heterocycles. The molecule has 0 spiro atoms. The first-order valence-electron chi connectivity index (χ1n) is 11.1. The van der Waals surface area contributed by atoms with Gasteiger partial charge in [0.2, 0.25) is 0 Å². The molecule has 0 heterocycles. The second kappa shape index (κ2) is 9.47. The maximum atomic E-state index is 12.5. The summed E-state index contributed by atoms with van der Waals surface area (Å²) < 4.78 is 37.5. The van der Waals surface area contributed by atoms with Gasteiger partial charge >= 0.3 is 6.18 Å². The molecule has 2 fully saturated rings. The Labute approximate surface area is 162 Å². The van der Waals surface area contributed by atoms with Gasteiger partial charge in [0, 0.05) is 0 Å². The normalized spacial score (nSPS) is 29.6. The number of rotatable bonds is 6. The van der Waals surface area contributed by atoms with Crippen LogP contribution in [0.4, 0.5) is 13.2 Å². The third-order valence-electron chi connectivity index (χ3n) is 7.15. The van der Waals surface area contributed by atoms with Crippen molar-refractivity contribution >= 4 is 0 Å². The number of benzene rings is 1. The molecule has 0 aliphatic heterocycles. The first-order chi connectivity index (χ1) is 12.9. The summed E-state index contributed by atoms with van der Waals surface area (Å²) >= 11 is 0. The molecule has 0 bridgehead atoms. The van der Waals surface area contributed by atoms with Gasteiger partial charge in [0.25, 0.3) is 0 Å². The lowest BCUT2D eigenvalue weighted by molar-refractivity contribution is -0.127. The summed E-state index contributed by atoms with van der Waals surface area (Å²) in [4.78, 5) is 0. The van der Waals surface area contributed by atoms with Gasteiger partial charge < -0.3 is 0 Å². The molecule has 2 aliphatic carbocycles. The molecule has 0 atom stereocenters. The Morgan fingerprint density at radius 2 is 1.37 bits per heavy atom. The predicted molar refractivity (Wildman–Crippen MR) is 106 cm³/mol. The fraction of sp³-hybridized carbons (Fsp3) is 0.750. The van der Waals surface area contributed by atoms with Gasteiger partial charge in [-0.05, 0) is 73.3 Å². The monoisotopic (exact) mass is 380 g/mol. The molecule has 0 nitrogen and oxygen atoms in total. The number of alkyl halides is 3. The minimum Gasteiger partial charge on any atom is -0.171 e. The second-order valence-electron chi connectivity index (χ2n) is 9.07. The molecule has 0 radical (unpaired) electrons. The van der Waals surface area contributed by atoms with Gasteiger partial charge in [0.1, 0.15) is 0 Å². The van der Waals surface area contributed by atoms with Gasteiger partial charge in [-0.25, -0.2) is 0 Å². The molecule has 3 rings (SSSR count). The highest BCUT2D eigenvalue weighted by atomic mass is 19.4. The van der Waals surface area contributed by atoms with E-state index < -0.39 is 12.6 Å². The van der Waals surface area contributed by atoms with E-state index in [4.69, 9.17) is 0 Å². The standard InChI is InChI=1S/C24H35F3/c1-2-3-4-18-5-9-20(10-6-18)22-13-15-23(16-14-22)21-11-7-19(8-12-21)17-24(25,26)27/h7-8,11-12,18,20,22-23H,2-6,9-10,13-17H2,1H3/t18-,20-,22-,23-. The molecule has 1 aromatic carbocycles. The van der Waals surface area contributed by atoms with E-state index in [0.717, 1.165) is 17.8 Å². The van der Waals surface area contributed by atoms with Crippen molar-refractivity contribution in [2.75, 3.05) is 0 Å². The molecule has 3 heteroatoms. The fourth-order valence-corrected chi connectivity index (χ4v) is 5.50. The van der Waals surface area contributed by atoms with Crippen molar-refractivity contribution in [3.8, 4) is 0 Å². The number of halogens is 3. The van der Waals surface area contributed by atoms with Gasteiger partial charge in [-0.2, -0.15) is 13.2 Å². The summed E-state index contributed by atoms with van der Waals surface area (Å²) in [6.45, 7) is 2.29. The number of hydrogen-bond acceptors (Lipinski definition) is 0. The van der Waals surface area contributed by atoms with Crippen LogP contribution in [-0.2, 0) is 6.42 Å². The molecule has 2 aliphatic rings. The van der Waals surface area contributed by atoms with Crippen LogP contribution < -0.4 is 0 Å². The maximum Gasteiger partial charge on any atom is 0.393 e. The minimum atomic E-state index is -4.12. The minimum absolute atomic E-state index is 0.375. The van der Waals surface area contributed by atoms with Crippen LogP contribution in [0.3, 0.4) is 0 Å². The van der Waals surface area contributed by atoms with Crippen LogP contribution in [0, 0.1) is 17.8 Å². The smallest absolute Gasteiger partial charge is 0.171 e. The molecule has 0 unspecified atom stereocenters. The van der Waals surface area contributed by atoms with Gasteiger partial charge in [-0.3, -0.25) is 0 Å². The van der Waals surface area contributed by atoms with Crippen LogP contribution in [0.15, 0.2) is 24.3 Å². The summed E-state index contributed by atoms with van der Waals surface area (Å²) in [7, 11) is 0. The summed E-state index contributed by atoms with van der Waals surface area (Å²) in [5, 5.41) is 0. The lowest BCUT2D eigenvalue weighted by atomic mass is 9.68. The lowest BCUT2D eigenvalue weighted by Gasteiger charge is -2.38. The zero-order valence-corrected chi connectivity index (χ0v) is 16.7. The molecular weight excluding hydrogens is 345 g/mol. The van der Waals surface area contributed by atoms with Crippen LogP contribution >= 0.6 is 0 Å². The van der Waals surface area contributed by atoms with Crippen LogP contribution in [0.2, 0.25) is 0 Å². The van der Waals surface area contributed by atoms with Crippen molar-refractivity contribution < 1.29 is 13.2 Å². The zero-order valence-electron chi connectivity index (χ0n) is 16.7. The fourth-order valence-electron chi connectivity index (χ4n) is 5.50. The average molecular weight is 381 g/mol. The number of hydrogen-bond donors (Lipinski definition) is 0. The average Bonchev–Trinajstić information content (AvgIpc) is 2.66. The van der Waals surface area contributed by atoms with Crippen LogP contribution in [0.5, 0.6) is 0 Å². The predicted octanol–water partition coefficient (Wildman–Crippen LogP) is 8.06. The van der Waals surface area contributed by atoms with Crippen LogP contribution in [0.25, 0.3) is 0 Å². The van der Waals surface area contributed by atoms with Crippen molar-refractivity contribution in [2.45, 2.75) is 96.1 Å². The van der Waals surface area contributed by atoms with E-state index >= 15 is 0 Å². The van der Waals surface area contributed by atoms with Crippen molar-refractivity contribution in [1.82, 2.24) is 0 Å². The van der Waals surface area contributed by atoms with Gasteiger partial charge in [0.05, 0.1) is 6.42 Å². The Kier molecular flexibility index (Phi) is 7.28. The van der Waals surface area contributed by atoms with Crippen LogP contribution in [-0.4, -0.2) is 6.18 Å². The molecule has 0 amide bonds. The molecule has 1 aromatic rings. The summed E-state index contributed by atoms with van der Waals surface area (Å²) in [5.41, 5.74) is 1.61. The number of unbranched alkanes of at least 4 members (excludes halogenated alkanes) is 1. The largest absolute Gasteiger partial charge is 0.393 e. The molecular formula is C24H35F3. The van der Waals surface area contributed by atoms with Gasteiger partial charge in [-0.1, -0.05) is 63.3 Å². The molecule has 27 heavy (non-hydrogen) atoms. The third-order valence-corrected chi connectivity index (χ3v) is 7.15. The van der Waals surface area contributed by atoms with Crippen molar-refractivity contribution in [1.29, 1.82) is 0 Å². The summed E-state index contributed by atoms with van der Waals surface area (Å²) in [5.74, 6) is 3.34. The maximum absolute atomic E-state index is 12.5. The Morgan fingerprint density at radius 3 is 1.89 bits per heavy atom. The first kappa shape index (κ1) is 20.7. The second-order valence-corrected chi connectivity index (χ2v) is 9.07. The highest BCUT2D eigenvalue weighted by Crippen LogP contribution is 2.44. The van der Waals surface area contributed by atoms with Crippen molar-refractivity contribution in [3.05, 3.63) is 35.4 Å². The van der Waals surface area contributed by atoms with Crippen molar-refractivity contribution in [2.24, 2.45) is 17.8 Å². The Hall–Kier alpha value is -0.990. The molecule has 0 N–H and O–H groups in total. The Balaban J connectivity index is 1.44. The third kappa shape index (κ3) is 6.26. The quantitative estimate of drug-likeness (QED) is 0.468. The molecule has 0 saturated heterocycles. The highest BCUT2D eigenvalue weighted by Gasteiger charge is 2.31. The lowest BCUT2D eigenvalue weighted by Crippen LogP contribution is -2.25. The Bertz CT molecular complexity index is 544. The summed E-state index contributed by atoms with van der Waals surface area (Å²) in [6, 6.07) is 7.22. The van der Waals surface area contributed by atoms with Gasteiger partial charge in [0.15, 0.2) is 0 Å². The SMILES string of the molecule is CCCC[C@H]1CC[C@H]([C@H]2CC[C@H](c3ccc(CC(F)(F)F)cc3)CC2)CC1. The molecule has 2 saturated carbocycles. The summed E-state index contributed by atoms with van der Waals surface area (Å²) in [6.07, 6.45) is 9.96. The van der Waals surface area contributed by atoms with E-state index in [9.17, 15) is 13.2 Å². The van der Waals surface area contributed by atoms with Gasteiger partial charge in [-0.15, -0.1) is 0 Å². The van der Waals surface area contributed by atoms with Crippen LogP contribution in [0.1, 0.15) is 94.6 Å². The highest BCUT2D eigenvalue weighted by molar-refractivity contribution is 5.26.